The van der Waals surface area contributed by atoms with Gasteiger partial charge in [-0.3, -0.25) is 0 Å². The van der Waals surface area contributed by atoms with E-state index in [2.05, 4.69) is 25.6 Å². The summed E-state index contributed by atoms with van der Waals surface area (Å²) in [6.45, 7) is 3.40. The molecule has 1 saturated heterocycles. The van der Waals surface area contributed by atoms with E-state index in [1.807, 2.05) is 13.1 Å². The molecule has 0 aliphatic carbocycles. The molecule has 0 bridgehead atoms. The van der Waals surface area contributed by atoms with Crippen molar-refractivity contribution < 1.29 is 4.74 Å². The Bertz CT molecular complexity index is 528. The van der Waals surface area contributed by atoms with Gasteiger partial charge in [-0.25, -0.2) is 9.97 Å². The van der Waals surface area contributed by atoms with Crippen molar-refractivity contribution in [3.63, 3.8) is 0 Å². The minimum absolute atomic E-state index is 0.230. The lowest BCUT2D eigenvalue weighted by atomic mass is 10.2. The monoisotopic (exact) mass is 264 g/mol. The maximum Gasteiger partial charge on any atom is 0.150 e. The van der Waals surface area contributed by atoms with Crippen molar-refractivity contribution in [1.29, 1.82) is 0 Å². The number of rotatable bonds is 3. The summed E-state index contributed by atoms with van der Waals surface area (Å²) in [6, 6.07) is 2.04. The molecule has 1 atom stereocenters. The van der Waals surface area contributed by atoms with E-state index in [0.717, 1.165) is 37.6 Å². The summed E-state index contributed by atoms with van der Waals surface area (Å²) < 4.78 is 6.89. The van der Waals surface area contributed by atoms with Crippen molar-refractivity contribution in [3.05, 3.63) is 17.8 Å². The van der Waals surface area contributed by atoms with Crippen LogP contribution in [0.1, 0.15) is 0 Å². The van der Waals surface area contributed by atoms with Gasteiger partial charge in [0.05, 0.1) is 22.9 Å². The molecule has 5 nitrogen and oxygen atoms in total. The third kappa shape index (κ3) is 2.19. The molecule has 1 aliphatic heterocycles. The normalized spacial score (nSPS) is 20.5. The molecule has 2 aromatic rings. The predicted molar refractivity (Wildman–Crippen MR) is 73.3 cm³/mol. The molecule has 18 heavy (non-hydrogen) atoms. The average Bonchev–Trinajstić information content (AvgIpc) is 2.87. The highest BCUT2D eigenvalue weighted by atomic mass is 32.1. The zero-order valence-corrected chi connectivity index (χ0v) is 11.1. The lowest BCUT2D eigenvalue weighted by Gasteiger charge is -2.33. The number of anilines is 1. The molecule has 3 heterocycles. The molecule has 0 amide bonds. The first-order valence-electron chi connectivity index (χ1n) is 6.08. The number of aromatic nitrogens is 2. The third-order valence-corrected chi connectivity index (χ3v) is 3.99. The molecular formula is C12H16N4OS. The van der Waals surface area contributed by atoms with Gasteiger partial charge in [-0.2, -0.15) is 0 Å². The van der Waals surface area contributed by atoms with E-state index in [1.165, 1.54) is 4.70 Å². The Morgan fingerprint density at radius 2 is 2.50 bits per heavy atom. The minimum atomic E-state index is 0.230. The molecule has 1 fully saturated rings. The van der Waals surface area contributed by atoms with Crippen LogP contribution in [0.5, 0.6) is 0 Å². The van der Waals surface area contributed by atoms with Crippen molar-refractivity contribution in [2.24, 2.45) is 0 Å². The summed E-state index contributed by atoms with van der Waals surface area (Å²) in [5.74, 6) is 1.04. The maximum atomic E-state index is 5.72. The lowest BCUT2D eigenvalue weighted by Crippen LogP contribution is -2.46. The van der Waals surface area contributed by atoms with Gasteiger partial charge in [0, 0.05) is 19.6 Å². The smallest absolute Gasteiger partial charge is 0.150 e. The molecule has 3 rings (SSSR count). The summed E-state index contributed by atoms with van der Waals surface area (Å²) in [6.07, 6.45) is 1.88. The number of thiophene rings is 1. The molecule has 1 aliphatic rings. The first kappa shape index (κ1) is 11.8. The van der Waals surface area contributed by atoms with Gasteiger partial charge in [-0.05, 0) is 18.5 Å². The first-order valence-corrected chi connectivity index (χ1v) is 6.96. The van der Waals surface area contributed by atoms with Crippen LogP contribution in [-0.4, -0.2) is 49.4 Å². The Hall–Kier alpha value is -1.24. The molecule has 0 aromatic carbocycles. The number of hydrogen-bond donors (Lipinski definition) is 1. The van der Waals surface area contributed by atoms with E-state index in [9.17, 15) is 0 Å². The highest BCUT2D eigenvalue weighted by molar-refractivity contribution is 7.17. The molecule has 0 spiro atoms. The molecule has 6 heteroatoms. The quantitative estimate of drug-likeness (QED) is 0.900. The van der Waals surface area contributed by atoms with Gasteiger partial charge in [0.25, 0.3) is 0 Å². The lowest BCUT2D eigenvalue weighted by molar-refractivity contribution is 0.0420. The van der Waals surface area contributed by atoms with Crippen molar-refractivity contribution in [2.75, 3.05) is 38.2 Å². The Kier molecular flexibility index (Phi) is 3.40. The summed E-state index contributed by atoms with van der Waals surface area (Å²) in [7, 11) is 1.95. The number of fused-ring (bicyclic) bond motifs is 1. The highest BCUT2D eigenvalue weighted by Crippen LogP contribution is 2.28. The number of nitrogens with one attached hydrogen (secondary N) is 1. The Labute approximate surface area is 110 Å². The minimum Gasteiger partial charge on any atom is -0.373 e. The number of ether oxygens (including phenoxy) is 1. The van der Waals surface area contributed by atoms with E-state index in [-0.39, 0.29) is 6.10 Å². The fraction of sp³-hybridized carbons (Fsp3) is 0.500. The number of likely N-dealkylation sites (N-methyl/N-ethyl adjacent to an activating group) is 1. The number of morpholine rings is 1. The van der Waals surface area contributed by atoms with E-state index < -0.39 is 0 Å². The predicted octanol–water partition coefficient (Wildman–Crippen LogP) is 1.12. The highest BCUT2D eigenvalue weighted by Gasteiger charge is 2.22. The molecule has 1 unspecified atom stereocenters. The van der Waals surface area contributed by atoms with Crippen molar-refractivity contribution in [2.45, 2.75) is 6.10 Å². The van der Waals surface area contributed by atoms with Gasteiger partial charge >= 0.3 is 0 Å². The molecule has 96 valence electrons. The van der Waals surface area contributed by atoms with Gasteiger partial charge in [-0.15, -0.1) is 11.3 Å². The summed E-state index contributed by atoms with van der Waals surface area (Å²) in [5.41, 5.74) is 1.03. The van der Waals surface area contributed by atoms with E-state index in [1.54, 1.807) is 17.7 Å². The fourth-order valence-corrected chi connectivity index (χ4v) is 3.13. The van der Waals surface area contributed by atoms with Gasteiger partial charge < -0.3 is 15.0 Å². The van der Waals surface area contributed by atoms with Gasteiger partial charge in [0.2, 0.25) is 0 Å². The molecule has 0 radical (unpaired) electrons. The standard InChI is InChI=1S/C12H16N4OS/c1-13-6-9-7-16(3-4-17-9)12-11-10(2-5-18-11)14-8-15-12/h2,5,8-9,13H,3-4,6-7H2,1H3. The second-order valence-electron chi connectivity index (χ2n) is 4.33. The topological polar surface area (TPSA) is 50.3 Å². The zero-order chi connectivity index (χ0) is 12.4. The van der Waals surface area contributed by atoms with Crippen molar-refractivity contribution in [1.82, 2.24) is 15.3 Å². The molecule has 2 aromatic heterocycles. The fourth-order valence-electron chi connectivity index (χ4n) is 2.26. The van der Waals surface area contributed by atoms with Crippen LogP contribution in [0, 0.1) is 0 Å². The summed E-state index contributed by atoms with van der Waals surface area (Å²) >= 11 is 1.70. The van der Waals surface area contributed by atoms with Gasteiger partial charge in [-0.1, -0.05) is 0 Å². The average molecular weight is 264 g/mol. The van der Waals surface area contributed by atoms with Crippen LogP contribution in [0.2, 0.25) is 0 Å². The second-order valence-corrected chi connectivity index (χ2v) is 5.24. The second kappa shape index (κ2) is 5.17. The van der Waals surface area contributed by atoms with Crippen LogP contribution < -0.4 is 10.2 Å². The van der Waals surface area contributed by atoms with Gasteiger partial charge in [0.1, 0.15) is 12.1 Å². The van der Waals surface area contributed by atoms with E-state index >= 15 is 0 Å². The Balaban J connectivity index is 1.87. The van der Waals surface area contributed by atoms with Crippen LogP contribution >= 0.6 is 11.3 Å². The summed E-state index contributed by atoms with van der Waals surface area (Å²) in [4.78, 5) is 11.0. The third-order valence-electron chi connectivity index (χ3n) is 3.09. The van der Waals surface area contributed by atoms with Crippen LogP contribution in [-0.2, 0) is 4.74 Å². The number of nitrogens with zero attached hydrogens (tertiary/aromatic N) is 3. The van der Waals surface area contributed by atoms with Crippen LogP contribution in [0.25, 0.3) is 10.2 Å². The Morgan fingerprint density at radius 3 is 3.39 bits per heavy atom. The largest absolute Gasteiger partial charge is 0.373 e. The van der Waals surface area contributed by atoms with Crippen LogP contribution in [0.4, 0.5) is 5.82 Å². The van der Waals surface area contributed by atoms with E-state index in [0.29, 0.717) is 0 Å². The zero-order valence-electron chi connectivity index (χ0n) is 10.3. The van der Waals surface area contributed by atoms with Gasteiger partial charge in [0.15, 0.2) is 0 Å². The van der Waals surface area contributed by atoms with Crippen molar-refractivity contribution >= 4 is 27.4 Å². The first-order chi connectivity index (χ1) is 8.88. The molecule has 1 N–H and O–H groups in total. The van der Waals surface area contributed by atoms with Crippen LogP contribution in [0.3, 0.4) is 0 Å². The summed E-state index contributed by atoms with van der Waals surface area (Å²) in [5, 5.41) is 5.22. The SMILES string of the molecule is CNCC1CN(c2ncnc3ccsc23)CCO1. The number of hydrogen-bond acceptors (Lipinski definition) is 6. The maximum absolute atomic E-state index is 5.72. The molecule has 0 saturated carbocycles. The molecular weight excluding hydrogens is 248 g/mol. The van der Waals surface area contributed by atoms with E-state index in [4.69, 9.17) is 4.74 Å². The Morgan fingerprint density at radius 1 is 1.56 bits per heavy atom. The van der Waals surface area contributed by atoms with Crippen molar-refractivity contribution in [3.8, 4) is 0 Å². The van der Waals surface area contributed by atoms with Crippen LogP contribution in [0.15, 0.2) is 17.8 Å².